The van der Waals surface area contributed by atoms with Gasteiger partial charge in [-0.25, -0.2) is 9.97 Å². The minimum Gasteiger partial charge on any atom is -0.368 e. The largest absolute Gasteiger partial charge is 0.368 e. The SMILES string of the molecule is Cc1cccc(N2CCN(C(=O)c3cn(-c4ccc(-c5nc(C6CC6)no5)cn4)cn3)CC2)c1. The van der Waals surface area contributed by atoms with Crippen molar-refractivity contribution in [2.75, 3.05) is 31.1 Å². The summed E-state index contributed by atoms with van der Waals surface area (Å²) in [6.45, 7) is 5.03. The van der Waals surface area contributed by atoms with E-state index in [-0.39, 0.29) is 5.91 Å². The third-order valence-corrected chi connectivity index (χ3v) is 6.38. The van der Waals surface area contributed by atoms with Gasteiger partial charge in [0.1, 0.15) is 17.8 Å². The second kappa shape index (κ2) is 8.40. The molecule has 6 rings (SSSR count). The first-order valence-electron chi connectivity index (χ1n) is 11.6. The van der Waals surface area contributed by atoms with Crippen LogP contribution in [-0.2, 0) is 0 Å². The predicted molar refractivity (Wildman–Crippen MR) is 126 cm³/mol. The fourth-order valence-corrected chi connectivity index (χ4v) is 4.24. The lowest BCUT2D eigenvalue weighted by molar-refractivity contribution is 0.0741. The molecule has 1 saturated carbocycles. The molecule has 0 bridgehead atoms. The van der Waals surface area contributed by atoms with E-state index >= 15 is 0 Å². The highest BCUT2D eigenvalue weighted by molar-refractivity contribution is 5.92. The molecule has 1 aromatic carbocycles. The van der Waals surface area contributed by atoms with Crippen LogP contribution in [0.15, 0.2) is 59.6 Å². The number of carbonyl (C=O) groups excluding carboxylic acids is 1. The van der Waals surface area contributed by atoms with Crippen LogP contribution in [0.25, 0.3) is 17.3 Å². The Labute approximate surface area is 197 Å². The number of rotatable bonds is 5. The number of aromatic nitrogens is 5. The van der Waals surface area contributed by atoms with Crippen LogP contribution >= 0.6 is 0 Å². The lowest BCUT2D eigenvalue weighted by atomic mass is 10.2. The summed E-state index contributed by atoms with van der Waals surface area (Å²) >= 11 is 0. The molecule has 9 nitrogen and oxygen atoms in total. The molecule has 3 aromatic heterocycles. The molecular formula is C25H25N7O2. The van der Waals surface area contributed by atoms with E-state index < -0.39 is 0 Å². The van der Waals surface area contributed by atoms with Crippen molar-refractivity contribution >= 4 is 11.6 Å². The van der Waals surface area contributed by atoms with Crippen LogP contribution in [0.4, 0.5) is 5.69 Å². The summed E-state index contributed by atoms with van der Waals surface area (Å²) < 4.78 is 7.12. The molecule has 0 radical (unpaired) electrons. The smallest absolute Gasteiger partial charge is 0.274 e. The zero-order chi connectivity index (χ0) is 23.1. The summed E-state index contributed by atoms with van der Waals surface area (Å²) in [5.74, 6) is 2.31. The Bertz CT molecular complexity index is 1320. The van der Waals surface area contributed by atoms with Gasteiger partial charge in [-0.3, -0.25) is 9.36 Å². The van der Waals surface area contributed by atoms with Gasteiger partial charge in [-0.05, 0) is 49.6 Å². The Hall–Kier alpha value is -4.01. The van der Waals surface area contributed by atoms with Crippen molar-refractivity contribution in [1.82, 2.24) is 29.6 Å². The van der Waals surface area contributed by atoms with Gasteiger partial charge in [0.2, 0.25) is 0 Å². The molecule has 34 heavy (non-hydrogen) atoms. The minimum absolute atomic E-state index is 0.0577. The van der Waals surface area contributed by atoms with Gasteiger partial charge in [0.15, 0.2) is 5.82 Å². The normalized spacial score (nSPS) is 16.1. The monoisotopic (exact) mass is 455 g/mol. The molecule has 1 aliphatic carbocycles. The van der Waals surface area contributed by atoms with Crippen LogP contribution in [0, 0.1) is 6.92 Å². The van der Waals surface area contributed by atoms with E-state index in [4.69, 9.17) is 4.52 Å². The zero-order valence-electron chi connectivity index (χ0n) is 19.0. The molecule has 0 atom stereocenters. The van der Waals surface area contributed by atoms with Crippen LogP contribution in [0.2, 0.25) is 0 Å². The summed E-state index contributed by atoms with van der Waals surface area (Å²) in [4.78, 5) is 30.5. The number of pyridine rings is 1. The van der Waals surface area contributed by atoms with E-state index in [0.717, 1.165) is 37.3 Å². The van der Waals surface area contributed by atoms with Gasteiger partial charge in [0, 0.05) is 50.2 Å². The van der Waals surface area contributed by atoms with Crippen molar-refractivity contribution < 1.29 is 9.32 Å². The Morgan fingerprint density at radius 3 is 2.65 bits per heavy atom. The molecule has 1 amide bonds. The molecule has 172 valence electrons. The highest BCUT2D eigenvalue weighted by Crippen LogP contribution is 2.38. The molecule has 1 aliphatic heterocycles. The maximum Gasteiger partial charge on any atom is 0.274 e. The summed E-state index contributed by atoms with van der Waals surface area (Å²) in [6, 6.07) is 12.2. The first-order chi connectivity index (χ1) is 16.6. The molecule has 2 aliphatic rings. The van der Waals surface area contributed by atoms with E-state index in [0.29, 0.717) is 36.4 Å². The standard InChI is InChI=1S/C25H25N7O2/c1-17-3-2-4-20(13-17)30-9-11-31(12-10-30)25(33)21-15-32(16-27-21)22-8-7-19(14-26-22)24-28-23(29-34-24)18-5-6-18/h2-4,7-8,13-16,18H,5-6,9-12H2,1H3. The average Bonchev–Trinajstić information content (AvgIpc) is 3.40. The van der Waals surface area contributed by atoms with Gasteiger partial charge >= 0.3 is 0 Å². The van der Waals surface area contributed by atoms with Gasteiger partial charge in [-0.15, -0.1) is 0 Å². The molecule has 1 saturated heterocycles. The molecule has 4 heterocycles. The number of amides is 1. The summed E-state index contributed by atoms with van der Waals surface area (Å²) in [5, 5.41) is 4.05. The second-order valence-corrected chi connectivity index (χ2v) is 8.92. The van der Waals surface area contributed by atoms with Crippen LogP contribution in [-0.4, -0.2) is 61.7 Å². The third-order valence-electron chi connectivity index (χ3n) is 6.38. The summed E-state index contributed by atoms with van der Waals surface area (Å²) in [5.41, 5.74) is 3.63. The number of piperazine rings is 1. The molecular weight excluding hydrogens is 430 g/mol. The fourth-order valence-electron chi connectivity index (χ4n) is 4.24. The lowest BCUT2D eigenvalue weighted by Gasteiger charge is -2.36. The highest BCUT2D eigenvalue weighted by Gasteiger charge is 2.29. The van der Waals surface area contributed by atoms with Gasteiger partial charge in [-0.2, -0.15) is 4.98 Å². The van der Waals surface area contributed by atoms with Crippen LogP contribution in [0.5, 0.6) is 0 Å². The maximum atomic E-state index is 13.0. The van der Waals surface area contributed by atoms with Crippen molar-refractivity contribution in [2.45, 2.75) is 25.7 Å². The van der Waals surface area contributed by atoms with Crippen LogP contribution < -0.4 is 4.90 Å². The van der Waals surface area contributed by atoms with Crippen molar-refractivity contribution in [1.29, 1.82) is 0 Å². The molecule has 0 spiro atoms. The highest BCUT2D eigenvalue weighted by atomic mass is 16.5. The second-order valence-electron chi connectivity index (χ2n) is 8.92. The maximum absolute atomic E-state index is 13.0. The Morgan fingerprint density at radius 2 is 1.91 bits per heavy atom. The van der Waals surface area contributed by atoms with Crippen molar-refractivity contribution in [3.8, 4) is 17.3 Å². The van der Waals surface area contributed by atoms with Gasteiger partial charge < -0.3 is 14.3 Å². The number of nitrogens with zero attached hydrogens (tertiary/aromatic N) is 7. The Balaban J connectivity index is 1.10. The van der Waals surface area contributed by atoms with Crippen LogP contribution in [0.3, 0.4) is 0 Å². The molecule has 0 N–H and O–H groups in total. The zero-order valence-corrected chi connectivity index (χ0v) is 19.0. The summed E-state index contributed by atoms with van der Waals surface area (Å²) in [7, 11) is 0. The quantitative estimate of drug-likeness (QED) is 0.455. The Morgan fingerprint density at radius 1 is 1.06 bits per heavy atom. The van der Waals surface area contributed by atoms with Gasteiger partial charge in [0.05, 0.1) is 5.56 Å². The van der Waals surface area contributed by atoms with Crippen LogP contribution in [0.1, 0.15) is 40.6 Å². The molecule has 9 heteroatoms. The first kappa shape index (κ1) is 20.6. The molecule has 4 aromatic rings. The number of benzene rings is 1. The van der Waals surface area contributed by atoms with E-state index in [1.165, 1.54) is 11.3 Å². The minimum atomic E-state index is -0.0577. The van der Waals surface area contributed by atoms with Crippen molar-refractivity contribution in [3.05, 3.63) is 72.2 Å². The van der Waals surface area contributed by atoms with Gasteiger partial charge in [0.25, 0.3) is 11.8 Å². The summed E-state index contributed by atoms with van der Waals surface area (Å²) in [6.07, 6.45) is 7.30. The van der Waals surface area contributed by atoms with Crippen molar-refractivity contribution in [3.63, 3.8) is 0 Å². The number of anilines is 1. The number of aryl methyl sites for hydroxylation is 1. The van der Waals surface area contributed by atoms with E-state index in [2.05, 4.69) is 56.2 Å². The van der Waals surface area contributed by atoms with E-state index in [1.54, 1.807) is 23.3 Å². The van der Waals surface area contributed by atoms with E-state index in [1.807, 2.05) is 17.0 Å². The Kier molecular flexibility index (Phi) is 5.09. The first-order valence-corrected chi connectivity index (χ1v) is 11.6. The molecule has 0 unspecified atom stereocenters. The number of hydrogen-bond donors (Lipinski definition) is 0. The number of hydrogen-bond acceptors (Lipinski definition) is 7. The third kappa shape index (κ3) is 4.05. The lowest BCUT2D eigenvalue weighted by Crippen LogP contribution is -2.48. The molecule has 2 fully saturated rings. The topological polar surface area (TPSA) is 93.2 Å². The predicted octanol–water partition coefficient (Wildman–Crippen LogP) is 3.47. The number of imidazole rings is 1. The van der Waals surface area contributed by atoms with Gasteiger partial charge in [-0.1, -0.05) is 17.3 Å². The van der Waals surface area contributed by atoms with Crippen molar-refractivity contribution in [2.24, 2.45) is 0 Å². The van der Waals surface area contributed by atoms with E-state index in [9.17, 15) is 4.79 Å². The number of carbonyl (C=O) groups is 1. The average molecular weight is 456 g/mol. The fraction of sp³-hybridized carbons (Fsp3) is 0.320.